The molecule has 0 aromatic rings. The number of amides is 1. The third kappa shape index (κ3) is 4.16. The van der Waals surface area contributed by atoms with Gasteiger partial charge in [-0.05, 0) is 19.0 Å². The maximum Gasteiger partial charge on any atom is 0.268 e. The Labute approximate surface area is 96.5 Å². The van der Waals surface area contributed by atoms with E-state index in [1.54, 1.807) is 24.2 Å². The van der Waals surface area contributed by atoms with Gasteiger partial charge < -0.3 is 16.4 Å². The van der Waals surface area contributed by atoms with Crippen LogP contribution in [0.15, 0.2) is 29.3 Å². The molecule has 0 unspecified atom stereocenters. The summed E-state index contributed by atoms with van der Waals surface area (Å²) in [6, 6.07) is 0. The van der Waals surface area contributed by atoms with Gasteiger partial charge in [-0.15, -0.1) is 0 Å². The lowest BCUT2D eigenvalue weighted by atomic mass is 10.2. The molecule has 0 aromatic carbocycles. The molecule has 5 nitrogen and oxygen atoms in total. The molecule has 0 fully saturated rings. The lowest BCUT2D eigenvalue weighted by Gasteiger charge is -2.23. The predicted molar refractivity (Wildman–Crippen MR) is 66.3 cm³/mol. The summed E-state index contributed by atoms with van der Waals surface area (Å²) >= 11 is 0. The quantitative estimate of drug-likeness (QED) is 0.516. The molecule has 0 radical (unpaired) electrons. The number of carbonyl (C=O) groups excluding carboxylic acids is 1. The van der Waals surface area contributed by atoms with Crippen LogP contribution in [0.5, 0.6) is 0 Å². The van der Waals surface area contributed by atoms with Gasteiger partial charge in [0.1, 0.15) is 5.70 Å². The zero-order valence-corrected chi connectivity index (χ0v) is 10.1. The Morgan fingerprint density at radius 2 is 2.06 bits per heavy atom. The summed E-state index contributed by atoms with van der Waals surface area (Å²) < 4.78 is 0. The fourth-order valence-corrected chi connectivity index (χ4v) is 1.17. The Bertz CT molecular complexity index is 318. The zero-order chi connectivity index (χ0) is 12.7. The molecule has 0 saturated heterocycles. The minimum atomic E-state index is -0.684. The minimum absolute atomic E-state index is 0.0568. The fourth-order valence-electron chi connectivity index (χ4n) is 1.17. The van der Waals surface area contributed by atoms with Crippen molar-refractivity contribution in [1.82, 2.24) is 4.90 Å². The smallest absolute Gasteiger partial charge is 0.268 e. The predicted octanol–water partition coefficient (Wildman–Crippen LogP) is 0.792. The molecular formula is C11H20N4O. The summed E-state index contributed by atoms with van der Waals surface area (Å²) in [6.07, 6.45) is 3.14. The highest BCUT2D eigenvalue weighted by Gasteiger charge is 2.14. The van der Waals surface area contributed by atoms with Crippen molar-refractivity contribution in [3.63, 3.8) is 0 Å². The molecule has 1 amide bonds. The van der Waals surface area contributed by atoms with E-state index in [4.69, 9.17) is 11.5 Å². The van der Waals surface area contributed by atoms with Crippen LogP contribution in [0.25, 0.3) is 0 Å². The van der Waals surface area contributed by atoms with Crippen LogP contribution in [0.4, 0.5) is 0 Å². The molecule has 0 aromatic heterocycles. The van der Waals surface area contributed by atoms with E-state index in [0.29, 0.717) is 18.3 Å². The number of nitrogens with two attached hydrogens (primary N) is 2. The summed E-state index contributed by atoms with van der Waals surface area (Å²) in [5, 5.41) is 0. The van der Waals surface area contributed by atoms with Crippen LogP contribution < -0.4 is 11.5 Å². The third-order valence-corrected chi connectivity index (χ3v) is 1.81. The van der Waals surface area contributed by atoms with E-state index in [1.165, 1.54) is 0 Å². The van der Waals surface area contributed by atoms with E-state index in [0.717, 1.165) is 0 Å². The standard InChI is InChI=1S/C11H20N4O/c1-5-14-11(9(12)10(13)16)15(6-2)7-8(3)4/h5-6,8H,2,7,12H2,1,3-4H3,(H2,13,16)/b11-9-,14-5?. The molecule has 90 valence electrons. The van der Waals surface area contributed by atoms with Gasteiger partial charge in [-0.1, -0.05) is 20.4 Å². The minimum Gasteiger partial charge on any atom is -0.391 e. The number of primary amides is 1. The molecule has 0 spiro atoms. The number of rotatable bonds is 6. The molecule has 16 heavy (non-hydrogen) atoms. The van der Waals surface area contributed by atoms with E-state index in [1.807, 2.05) is 13.8 Å². The second-order valence-electron chi connectivity index (χ2n) is 3.72. The van der Waals surface area contributed by atoms with Crippen LogP contribution in [0.2, 0.25) is 0 Å². The van der Waals surface area contributed by atoms with Gasteiger partial charge in [0, 0.05) is 12.8 Å². The largest absolute Gasteiger partial charge is 0.391 e. The molecule has 0 bridgehead atoms. The molecule has 0 aliphatic rings. The van der Waals surface area contributed by atoms with Crippen molar-refractivity contribution in [2.75, 3.05) is 6.54 Å². The Balaban J connectivity index is 5.24. The monoisotopic (exact) mass is 224 g/mol. The number of aliphatic imine (C=N–C) groups is 1. The summed E-state index contributed by atoms with van der Waals surface area (Å²) in [5.41, 5.74) is 10.7. The first kappa shape index (κ1) is 14.2. The van der Waals surface area contributed by atoms with Crippen molar-refractivity contribution in [2.45, 2.75) is 20.8 Å². The second kappa shape index (κ2) is 6.66. The van der Waals surface area contributed by atoms with Crippen molar-refractivity contribution < 1.29 is 4.79 Å². The molecular weight excluding hydrogens is 204 g/mol. The highest BCUT2D eigenvalue weighted by Crippen LogP contribution is 2.12. The molecule has 5 heteroatoms. The first-order chi connectivity index (χ1) is 7.43. The molecule has 0 rings (SSSR count). The van der Waals surface area contributed by atoms with Crippen molar-refractivity contribution in [3.05, 3.63) is 24.3 Å². The number of hydrogen-bond acceptors (Lipinski definition) is 4. The van der Waals surface area contributed by atoms with Gasteiger partial charge in [-0.2, -0.15) is 0 Å². The summed E-state index contributed by atoms with van der Waals surface area (Å²) in [5.74, 6) is 0.0515. The van der Waals surface area contributed by atoms with Crippen molar-refractivity contribution >= 4 is 12.1 Å². The van der Waals surface area contributed by atoms with Gasteiger partial charge in [-0.3, -0.25) is 4.79 Å². The highest BCUT2D eigenvalue weighted by molar-refractivity contribution is 5.91. The summed E-state index contributed by atoms with van der Waals surface area (Å²) in [7, 11) is 0. The summed E-state index contributed by atoms with van der Waals surface area (Å²) in [6.45, 7) is 10.2. The Kier molecular flexibility index (Phi) is 5.92. The number of carbonyl (C=O) groups is 1. The first-order valence-electron chi connectivity index (χ1n) is 5.11. The van der Waals surface area contributed by atoms with Crippen molar-refractivity contribution in [3.8, 4) is 0 Å². The lowest BCUT2D eigenvalue weighted by molar-refractivity contribution is -0.114. The van der Waals surface area contributed by atoms with E-state index in [9.17, 15) is 4.79 Å². The van der Waals surface area contributed by atoms with Crippen molar-refractivity contribution in [1.29, 1.82) is 0 Å². The molecule has 0 saturated carbocycles. The lowest BCUT2D eigenvalue weighted by Crippen LogP contribution is -2.29. The molecule has 4 N–H and O–H groups in total. The van der Waals surface area contributed by atoms with Crippen LogP contribution in [-0.4, -0.2) is 23.6 Å². The topological polar surface area (TPSA) is 84.7 Å². The van der Waals surface area contributed by atoms with Crippen LogP contribution in [0, 0.1) is 5.92 Å². The average molecular weight is 224 g/mol. The summed E-state index contributed by atoms with van der Waals surface area (Å²) in [4.78, 5) is 16.8. The van der Waals surface area contributed by atoms with Gasteiger partial charge in [0.05, 0.1) is 0 Å². The van der Waals surface area contributed by atoms with E-state index in [2.05, 4.69) is 11.6 Å². The second-order valence-corrected chi connectivity index (χ2v) is 3.72. The van der Waals surface area contributed by atoms with Crippen LogP contribution in [0.3, 0.4) is 0 Å². The van der Waals surface area contributed by atoms with Gasteiger partial charge in [-0.25, -0.2) is 4.99 Å². The van der Waals surface area contributed by atoms with E-state index >= 15 is 0 Å². The van der Waals surface area contributed by atoms with Gasteiger partial charge >= 0.3 is 0 Å². The number of hydrogen-bond donors (Lipinski definition) is 2. The average Bonchev–Trinajstić information content (AvgIpc) is 2.21. The molecule has 0 heterocycles. The van der Waals surface area contributed by atoms with Crippen molar-refractivity contribution in [2.24, 2.45) is 22.4 Å². The third-order valence-electron chi connectivity index (χ3n) is 1.81. The molecule has 0 aliphatic carbocycles. The Morgan fingerprint density at radius 3 is 2.38 bits per heavy atom. The van der Waals surface area contributed by atoms with Crippen LogP contribution in [0.1, 0.15) is 20.8 Å². The van der Waals surface area contributed by atoms with Crippen LogP contribution in [-0.2, 0) is 4.79 Å². The SMILES string of the molecule is C=CN(CC(C)C)/C(N=CC)=C(\N)C(N)=O. The Hall–Kier alpha value is -1.78. The maximum atomic E-state index is 11.0. The number of nitrogens with zero attached hydrogens (tertiary/aromatic N) is 2. The van der Waals surface area contributed by atoms with E-state index in [-0.39, 0.29) is 5.70 Å². The first-order valence-corrected chi connectivity index (χ1v) is 5.11. The molecule has 0 aliphatic heterocycles. The maximum absolute atomic E-state index is 11.0. The fraction of sp³-hybridized carbons (Fsp3) is 0.455. The zero-order valence-electron chi connectivity index (χ0n) is 10.1. The molecule has 0 atom stereocenters. The van der Waals surface area contributed by atoms with Gasteiger partial charge in [0.15, 0.2) is 5.82 Å². The van der Waals surface area contributed by atoms with Gasteiger partial charge in [0.2, 0.25) is 0 Å². The van der Waals surface area contributed by atoms with E-state index < -0.39 is 5.91 Å². The highest BCUT2D eigenvalue weighted by atomic mass is 16.1. The normalized spacial score (nSPS) is 12.8. The van der Waals surface area contributed by atoms with Crippen LogP contribution >= 0.6 is 0 Å². The Morgan fingerprint density at radius 1 is 1.50 bits per heavy atom. The van der Waals surface area contributed by atoms with Gasteiger partial charge in [0.25, 0.3) is 5.91 Å².